The molecule has 8 nitrogen and oxygen atoms in total. The summed E-state index contributed by atoms with van der Waals surface area (Å²) < 4.78 is 45.7. The van der Waals surface area contributed by atoms with Crippen LogP contribution >= 0.6 is 11.8 Å². The van der Waals surface area contributed by atoms with Gasteiger partial charge in [-0.3, -0.25) is 4.79 Å². The predicted molar refractivity (Wildman–Crippen MR) is 125 cm³/mol. The average Bonchev–Trinajstić information content (AvgIpc) is 2.83. The lowest BCUT2D eigenvalue weighted by molar-refractivity contribution is -0.137. The fraction of sp³-hybridized carbons (Fsp3) is 0.217. The standard InChI is InChI=1S/C23H21F3N6O2S/c1-35-19-17(11-27)18(30-21(29)31-19)22(20(28)33,13-34-12-14-6-3-2-4-7-14)32-16-9-5-8-15(10-16)23(24,25)26/h2-10,32H,12-13H2,1H3,(H2,28,33)(H2,29,30,31)/t22-/m1/s1. The summed E-state index contributed by atoms with van der Waals surface area (Å²) in [5, 5.41) is 12.8. The first-order chi connectivity index (χ1) is 16.6. The summed E-state index contributed by atoms with van der Waals surface area (Å²) in [7, 11) is 0. The fourth-order valence-corrected chi connectivity index (χ4v) is 3.87. The molecular formula is C23H21F3N6O2S. The van der Waals surface area contributed by atoms with Crippen molar-refractivity contribution in [3.05, 3.63) is 77.0 Å². The van der Waals surface area contributed by atoms with Crippen molar-refractivity contribution in [2.45, 2.75) is 23.3 Å². The molecule has 1 amide bonds. The number of primary amides is 1. The van der Waals surface area contributed by atoms with E-state index in [1.165, 1.54) is 12.1 Å². The van der Waals surface area contributed by atoms with Crippen molar-refractivity contribution in [3.8, 4) is 6.07 Å². The maximum Gasteiger partial charge on any atom is 0.416 e. The second-order valence-corrected chi connectivity index (χ2v) is 8.17. The summed E-state index contributed by atoms with van der Waals surface area (Å²) in [4.78, 5) is 21.1. The molecule has 0 aliphatic heterocycles. The van der Waals surface area contributed by atoms with E-state index >= 15 is 0 Å². The number of nitrogens with two attached hydrogens (primary N) is 2. The Balaban J connectivity index is 2.14. The number of nitriles is 1. The van der Waals surface area contributed by atoms with Crippen LogP contribution in [-0.2, 0) is 27.9 Å². The van der Waals surface area contributed by atoms with E-state index in [0.29, 0.717) is 0 Å². The smallest absolute Gasteiger partial charge is 0.373 e. The number of thioether (sulfide) groups is 1. The zero-order chi connectivity index (χ0) is 25.6. The number of nitrogens with zero attached hydrogens (tertiary/aromatic N) is 3. The van der Waals surface area contributed by atoms with E-state index < -0.39 is 29.8 Å². The van der Waals surface area contributed by atoms with Crippen LogP contribution in [-0.4, -0.2) is 28.7 Å². The van der Waals surface area contributed by atoms with Crippen LogP contribution in [0.4, 0.5) is 24.8 Å². The Bertz CT molecular complexity index is 1250. The van der Waals surface area contributed by atoms with Gasteiger partial charge in [-0.2, -0.15) is 18.4 Å². The van der Waals surface area contributed by atoms with Gasteiger partial charge in [0.2, 0.25) is 5.95 Å². The summed E-state index contributed by atoms with van der Waals surface area (Å²) in [5.41, 5.74) is 9.02. The zero-order valence-electron chi connectivity index (χ0n) is 18.5. The Kier molecular flexibility index (Phi) is 7.83. The summed E-state index contributed by atoms with van der Waals surface area (Å²) >= 11 is 1.09. The molecule has 35 heavy (non-hydrogen) atoms. The molecular weight excluding hydrogens is 481 g/mol. The molecule has 0 unspecified atom stereocenters. The number of benzene rings is 2. The van der Waals surface area contributed by atoms with Crippen LogP contribution in [0.3, 0.4) is 0 Å². The lowest BCUT2D eigenvalue weighted by atomic mass is 9.91. The quantitative estimate of drug-likeness (QED) is 0.297. The molecule has 0 saturated heterocycles. The number of amides is 1. The van der Waals surface area contributed by atoms with E-state index in [1.807, 2.05) is 12.1 Å². The summed E-state index contributed by atoms with van der Waals surface area (Å²) in [6.45, 7) is -0.412. The normalized spacial score (nSPS) is 13.0. The molecule has 2 aromatic carbocycles. The van der Waals surface area contributed by atoms with Crippen LogP contribution in [0.2, 0.25) is 0 Å². The third kappa shape index (κ3) is 5.82. The molecule has 0 spiro atoms. The van der Waals surface area contributed by atoms with Gasteiger partial charge in [0.25, 0.3) is 5.91 Å². The maximum absolute atomic E-state index is 13.3. The number of alkyl halides is 3. The van der Waals surface area contributed by atoms with Crippen molar-refractivity contribution in [3.63, 3.8) is 0 Å². The van der Waals surface area contributed by atoms with Crippen molar-refractivity contribution < 1.29 is 22.7 Å². The number of aromatic nitrogens is 2. The maximum atomic E-state index is 13.3. The molecule has 3 rings (SSSR count). The molecule has 0 fully saturated rings. The van der Waals surface area contributed by atoms with Crippen molar-refractivity contribution in [1.29, 1.82) is 5.26 Å². The molecule has 1 heterocycles. The highest BCUT2D eigenvalue weighted by molar-refractivity contribution is 7.98. The minimum Gasteiger partial charge on any atom is -0.373 e. The van der Waals surface area contributed by atoms with E-state index in [4.69, 9.17) is 16.2 Å². The third-order valence-corrected chi connectivity index (χ3v) is 5.68. The van der Waals surface area contributed by atoms with Crippen molar-refractivity contribution in [2.75, 3.05) is 23.9 Å². The van der Waals surface area contributed by atoms with Crippen LogP contribution in [0.1, 0.15) is 22.4 Å². The first-order valence-electron chi connectivity index (χ1n) is 10.1. The predicted octanol–water partition coefficient (Wildman–Crippen LogP) is 3.68. The number of ether oxygens (including phenoxy) is 1. The average molecular weight is 503 g/mol. The van der Waals surface area contributed by atoms with Gasteiger partial charge in [-0.15, -0.1) is 11.8 Å². The summed E-state index contributed by atoms with van der Waals surface area (Å²) in [6, 6.07) is 15.2. The molecule has 0 aliphatic rings. The van der Waals surface area contributed by atoms with Crippen LogP contribution < -0.4 is 16.8 Å². The van der Waals surface area contributed by atoms with Gasteiger partial charge in [-0.25, -0.2) is 9.97 Å². The van der Waals surface area contributed by atoms with Gasteiger partial charge in [0.05, 0.1) is 18.8 Å². The highest BCUT2D eigenvalue weighted by atomic mass is 32.2. The lowest BCUT2D eigenvalue weighted by Gasteiger charge is -2.33. The van der Waals surface area contributed by atoms with Crippen LogP contribution in [0.25, 0.3) is 0 Å². The third-order valence-electron chi connectivity index (χ3n) is 5.00. The number of rotatable bonds is 9. The number of hydrogen-bond acceptors (Lipinski definition) is 8. The Morgan fingerprint density at radius 1 is 1.17 bits per heavy atom. The lowest BCUT2D eigenvalue weighted by Crippen LogP contribution is -2.52. The number of carbonyl (C=O) groups is 1. The van der Waals surface area contributed by atoms with Gasteiger partial charge in [0.15, 0.2) is 5.54 Å². The second kappa shape index (κ2) is 10.6. The van der Waals surface area contributed by atoms with Gasteiger partial charge in [-0.1, -0.05) is 36.4 Å². The highest BCUT2D eigenvalue weighted by Crippen LogP contribution is 2.35. The number of anilines is 2. The van der Waals surface area contributed by atoms with Crippen LogP contribution in [0.5, 0.6) is 0 Å². The topological polar surface area (TPSA) is 140 Å². The monoisotopic (exact) mass is 502 g/mol. The molecule has 0 aliphatic carbocycles. The van der Waals surface area contributed by atoms with Crippen molar-refractivity contribution in [1.82, 2.24) is 9.97 Å². The van der Waals surface area contributed by atoms with Gasteiger partial charge in [-0.05, 0) is 30.0 Å². The number of hydrogen-bond donors (Lipinski definition) is 3. The van der Waals surface area contributed by atoms with E-state index in [0.717, 1.165) is 29.5 Å². The molecule has 0 bridgehead atoms. The first-order valence-corrected chi connectivity index (χ1v) is 11.3. The molecule has 1 atom stereocenters. The summed E-state index contributed by atoms with van der Waals surface area (Å²) in [6.07, 6.45) is -2.98. The van der Waals surface area contributed by atoms with Gasteiger partial charge < -0.3 is 21.5 Å². The minimum absolute atomic E-state index is 0.0535. The van der Waals surface area contributed by atoms with E-state index in [2.05, 4.69) is 15.3 Å². The van der Waals surface area contributed by atoms with Gasteiger partial charge in [0, 0.05) is 5.69 Å². The van der Waals surface area contributed by atoms with Crippen molar-refractivity contribution >= 4 is 29.3 Å². The Hall–Kier alpha value is -3.82. The van der Waals surface area contributed by atoms with E-state index in [-0.39, 0.29) is 34.5 Å². The fourth-order valence-electron chi connectivity index (χ4n) is 3.34. The summed E-state index contributed by atoms with van der Waals surface area (Å²) in [5.74, 6) is -1.28. The second-order valence-electron chi connectivity index (χ2n) is 7.38. The van der Waals surface area contributed by atoms with Gasteiger partial charge in [0.1, 0.15) is 22.4 Å². The molecule has 182 valence electrons. The Morgan fingerprint density at radius 3 is 2.49 bits per heavy atom. The minimum atomic E-state index is -4.62. The Morgan fingerprint density at radius 2 is 1.89 bits per heavy atom. The molecule has 5 N–H and O–H groups in total. The van der Waals surface area contributed by atoms with Crippen molar-refractivity contribution in [2.24, 2.45) is 5.73 Å². The number of nitrogens with one attached hydrogen (secondary N) is 1. The van der Waals surface area contributed by atoms with Crippen LogP contribution in [0, 0.1) is 11.3 Å². The van der Waals surface area contributed by atoms with E-state index in [9.17, 15) is 23.2 Å². The molecule has 0 saturated carbocycles. The molecule has 3 aromatic rings. The zero-order valence-corrected chi connectivity index (χ0v) is 19.3. The number of nitrogen functional groups attached to an aromatic ring is 1. The molecule has 1 aromatic heterocycles. The highest BCUT2D eigenvalue weighted by Gasteiger charge is 2.44. The van der Waals surface area contributed by atoms with E-state index in [1.54, 1.807) is 30.5 Å². The first kappa shape index (κ1) is 25.8. The number of halogens is 3. The molecule has 12 heteroatoms. The largest absolute Gasteiger partial charge is 0.416 e. The Labute approximate surface area is 203 Å². The van der Waals surface area contributed by atoms with Gasteiger partial charge >= 0.3 is 6.18 Å². The van der Waals surface area contributed by atoms with Crippen LogP contribution in [0.15, 0.2) is 59.6 Å². The molecule has 0 radical (unpaired) electrons. The number of carbonyl (C=O) groups excluding carboxylic acids is 1. The SMILES string of the molecule is CSc1nc(N)nc([C@@](COCc2ccccc2)(Nc2cccc(C(F)(F)F)c2)C(N)=O)c1C#N.